The van der Waals surface area contributed by atoms with Crippen molar-refractivity contribution in [3.05, 3.63) is 59.9 Å². The highest BCUT2D eigenvalue weighted by molar-refractivity contribution is 6.21. The molecule has 0 spiro atoms. The Balaban J connectivity index is 2.17. The Labute approximate surface area is 106 Å². The smallest absolute Gasteiger partial charge is 0.123 e. The van der Waals surface area contributed by atoms with Crippen LogP contribution in [0.2, 0.25) is 0 Å². The van der Waals surface area contributed by atoms with E-state index >= 15 is 0 Å². The van der Waals surface area contributed by atoms with Crippen LogP contribution in [0.25, 0.3) is 0 Å². The highest BCUT2D eigenvalue weighted by Crippen LogP contribution is 2.31. The minimum absolute atomic E-state index is 0.124. The van der Waals surface area contributed by atoms with E-state index < -0.39 is 0 Å². The van der Waals surface area contributed by atoms with Crippen molar-refractivity contribution in [3.63, 3.8) is 0 Å². The van der Waals surface area contributed by atoms with Gasteiger partial charge in [0, 0.05) is 23.9 Å². The van der Waals surface area contributed by atoms with E-state index in [2.05, 4.69) is 4.98 Å². The lowest BCUT2D eigenvalue weighted by Crippen LogP contribution is -2.00. The van der Waals surface area contributed by atoms with Gasteiger partial charge in [0.15, 0.2) is 0 Å². The van der Waals surface area contributed by atoms with E-state index in [1.54, 1.807) is 13.3 Å². The van der Waals surface area contributed by atoms with Gasteiger partial charge in [0.05, 0.1) is 12.5 Å². The topological polar surface area (TPSA) is 22.1 Å². The highest BCUT2D eigenvalue weighted by Gasteiger charge is 2.13. The molecule has 0 saturated carbocycles. The third kappa shape index (κ3) is 2.98. The molecule has 0 fully saturated rings. The standard InChI is InChI=1S/C14H14ClNO/c1-17-14-8-3-2-7-12(14)13(15)10-11-6-4-5-9-16-11/h2-9,13H,10H2,1H3. The fourth-order valence-electron chi connectivity index (χ4n) is 1.74. The molecule has 0 N–H and O–H groups in total. The summed E-state index contributed by atoms with van der Waals surface area (Å²) in [5.41, 5.74) is 1.99. The molecule has 1 atom stereocenters. The number of halogens is 1. The summed E-state index contributed by atoms with van der Waals surface area (Å²) in [7, 11) is 1.66. The summed E-state index contributed by atoms with van der Waals surface area (Å²) < 4.78 is 5.30. The molecular formula is C14H14ClNO. The maximum atomic E-state index is 6.40. The molecule has 2 rings (SSSR count). The molecule has 88 valence electrons. The number of alkyl halides is 1. The van der Waals surface area contributed by atoms with Gasteiger partial charge in [-0.2, -0.15) is 0 Å². The minimum atomic E-state index is -0.124. The van der Waals surface area contributed by atoms with Crippen molar-refractivity contribution in [2.24, 2.45) is 0 Å². The van der Waals surface area contributed by atoms with Crippen LogP contribution in [-0.2, 0) is 6.42 Å². The first-order chi connectivity index (χ1) is 8.31. The first-order valence-corrected chi connectivity index (χ1v) is 5.92. The molecule has 3 heteroatoms. The number of ether oxygens (including phenoxy) is 1. The molecule has 0 amide bonds. The Morgan fingerprint density at radius 2 is 1.94 bits per heavy atom. The Kier molecular flexibility index (Phi) is 3.99. The fraction of sp³-hybridized carbons (Fsp3) is 0.214. The van der Waals surface area contributed by atoms with Gasteiger partial charge in [-0.3, -0.25) is 4.98 Å². The van der Waals surface area contributed by atoms with Gasteiger partial charge in [0.25, 0.3) is 0 Å². The number of aromatic nitrogens is 1. The maximum absolute atomic E-state index is 6.40. The van der Waals surface area contributed by atoms with Gasteiger partial charge in [-0.05, 0) is 18.2 Å². The largest absolute Gasteiger partial charge is 0.496 e. The first kappa shape index (κ1) is 11.9. The van der Waals surface area contributed by atoms with E-state index in [0.29, 0.717) is 6.42 Å². The van der Waals surface area contributed by atoms with Crippen molar-refractivity contribution in [1.82, 2.24) is 4.98 Å². The maximum Gasteiger partial charge on any atom is 0.123 e. The van der Waals surface area contributed by atoms with E-state index in [0.717, 1.165) is 17.0 Å². The zero-order valence-electron chi connectivity index (χ0n) is 9.64. The number of pyridine rings is 1. The molecular weight excluding hydrogens is 234 g/mol. The highest BCUT2D eigenvalue weighted by atomic mass is 35.5. The SMILES string of the molecule is COc1ccccc1C(Cl)Cc1ccccn1. The molecule has 1 aromatic carbocycles. The summed E-state index contributed by atoms with van der Waals surface area (Å²) in [6.07, 6.45) is 2.48. The second-order valence-electron chi connectivity index (χ2n) is 3.73. The lowest BCUT2D eigenvalue weighted by Gasteiger charge is -2.13. The lowest BCUT2D eigenvalue weighted by atomic mass is 10.1. The van der Waals surface area contributed by atoms with Gasteiger partial charge in [-0.25, -0.2) is 0 Å². The van der Waals surface area contributed by atoms with Crippen molar-refractivity contribution in [1.29, 1.82) is 0 Å². The minimum Gasteiger partial charge on any atom is -0.496 e. The van der Waals surface area contributed by atoms with Gasteiger partial charge >= 0.3 is 0 Å². The predicted octanol–water partition coefficient (Wildman–Crippen LogP) is 3.61. The van der Waals surface area contributed by atoms with Crippen molar-refractivity contribution < 1.29 is 4.74 Å². The summed E-state index contributed by atoms with van der Waals surface area (Å²) in [5, 5.41) is -0.124. The van der Waals surface area contributed by atoms with Gasteiger partial charge < -0.3 is 4.74 Å². The Bertz CT molecular complexity index is 473. The van der Waals surface area contributed by atoms with Crippen LogP contribution in [0.4, 0.5) is 0 Å². The monoisotopic (exact) mass is 247 g/mol. The van der Waals surface area contributed by atoms with E-state index in [1.165, 1.54) is 0 Å². The molecule has 0 aliphatic carbocycles. The average molecular weight is 248 g/mol. The van der Waals surface area contributed by atoms with Gasteiger partial charge in [-0.1, -0.05) is 24.3 Å². The average Bonchev–Trinajstić information content (AvgIpc) is 2.40. The van der Waals surface area contributed by atoms with E-state index in [4.69, 9.17) is 16.3 Å². The van der Waals surface area contributed by atoms with Crippen LogP contribution >= 0.6 is 11.6 Å². The summed E-state index contributed by atoms with van der Waals surface area (Å²) in [4.78, 5) is 4.27. The van der Waals surface area contributed by atoms with Gasteiger partial charge in [0.1, 0.15) is 5.75 Å². The number of rotatable bonds is 4. The summed E-state index contributed by atoms with van der Waals surface area (Å²) in [6.45, 7) is 0. The molecule has 1 heterocycles. The zero-order chi connectivity index (χ0) is 12.1. The number of nitrogens with zero attached hydrogens (tertiary/aromatic N) is 1. The second kappa shape index (κ2) is 5.69. The number of hydrogen-bond donors (Lipinski definition) is 0. The van der Waals surface area contributed by atoms with Crippen LogP contribution in [-0.4, -0.2) is 12.1 Å². The Morgan fingerprint density at radius 3 is 2.65 bits per heavy atom. The normalized spacial score (nSPS) is 12.1. The van der Waals surface area contributed by atoms with Crippen molar-refractivity contribution in [2.45, 2.75) is 11.8 Å². The number of benzene rings is 1. The molecule has 0 bridgehead atoms. The van der Waals surface area contributed by atoms with Crippen LogP contribution < -0.4 is 4.74 Å². The van der Waals surface area contributed by atoms with Crippen molar-refractivity contribution in [3.8, 4) is 5.75 Å². The third-order valence-corrected chi connectivity index (χ3v) is 2.98. The van der Waals surface area contributed by atoms with E-state index in [1.807, 2.05) is 42.5 Å². The van der Waals surface area contributed by atoms with Crippen LogP contribution in [0.1, 0.15) is 16.6 Å². The van der Waals surface area contributed by atoms with Crippen molar-refractivity contribution >= 4 is 11.6 Å². The summed E-state index contributed by atoms with van der Waals surface area (Å²) in [5.74, 6) is 0.823. The third-order valence-electron chi connectivity index (χ3n) is 2.59. The molecule has 0 saturated heterocycles. The Hall–Kier alpha value is -1.54. The predicted molar refractivity (Wildman–Crippen MR) is 69.5 cm³/mol. The van der Waals surface area contributed by atoms with Crippen LogP contribution in [0.15, 0.2) is 48.7 Å². The number of para-hydroxylation sites is 1. The second-order valence-corrected chi connectivity index (χ2v) is 4.26. The van der Waals surface area contributed by atoms with Crippen LogP contribution in [0.3, 0.4) is 0 Å². The van der Waals surface area contributed by atoms with E-state index in [9.17, 15) is 0 Å². The Morgan fingerprint density at radius 1 is 1.18 bits per heavy atom. The molecule has 2 aromatic rings. The van der Waals surface area contributed by atoms with Gasteiger partial charge in [0.2, 0.25) is 0 Å². The van der Waals surface area contributed by atoms with Crippen molar-refractivity contribution in [2.75, 3.05) is 7.11 Å². The molecule has 2 nitrogen and oxygen atoms in total. The van der Waals surface area contributed by atoms with E-state index in [-0.39, 0.29) is 5.38 Å². The quantitative estimate of drug-likeness (QED) is 0.770. The van der Waals surface area contributed by atoms with Gasteiger partial charge in [-0.15, -0.1) is 11.6 Å². The fourth-order valence-corrected chi connectivity index (χ4v) is 2.08. The molecule has 1 unspecified atom stereocenters. The number of hydrogen-bond acceptors (Lipinski definition) is 2. The molecule has 0 aliphatic rings. The zero-order valence-corrected chi connectivity index (χ0v) is 10.4. The summed E-state index contributed by atoms with van der Waals surface area (Å²) >= 11 is 6.40. The molecule has 0 aliphatic heterocycles. The van der Waals surface area contributed by atoms with Crippen LogP contribution in [0, 0.1) is 0 Å². The number of methoxy groups -OCH3 is 1. The molecule has 17 heavy (non-hydrogen) atoms. The summed E-state index contributed by atoms with van der Waals surface area (Å²) in [6, 6.07) is 13.6. The lowest BCUT2D eigenvalue weighted by molar-refractivity contribution is 0.409. The molecule has 0 radical (unpaired) electrons. The van der Waals surface area contributed by atoms with Crippen LogP contribution in [0.5, 0.6) is 5.75 Å². The first-order valence-electron chi connectivity index (χ1n) is 5.48. The molecule has 1 aromatic heterocycles.